The summed E-state index contributed by atoms with van der Waals surface area (Å²) >= 11 is 0. The zero-order valence-corrected chi connectivity index (χ0v) is 9.65. The maximum Gasteiger partial charge on any atom is 0.0464 e. The van der Waals surface area contributed by atoms with Crippen LogP contribution in [-0.4, -0.2) is 11.7 Å². The molecule has 15 heavy (non-hydrogen) atoms. The summed E-state index contributed by atoms with van der Waals surface area (Å²) in [7, 11) is 0. The third kappa shape index (κ3) is 2.34. The van der Waals surface area contributed by atoms with E-state index < -0.39 is 0 Å². The molecule has 2 aliphatic rings. The lowest BCUT2D eigenvalue weighted by molar-refractivity contribution is 0.174. The third-order valence-electron chi connectivity index (χ3n) is 3.94. The molecular weight excluding hydrogens is 184 g/mol. The molecule has 1 heteroatoms. The Kier molecular flexibility index (Phi) is 3.63. The van der Waals surface area contributed by atoms with Crippen LogP contribution in [0.1, 0.15) is 39.0 Å². The number of fused-ring (bicyclic) bond motifs is 2. The van der Waals surface area contributed by atoms with E-state index >= 15 is 0 Å². The van der Waals surface area contributed by atoms with E-state index in [0.29, 0.717) is 24.4 Å². The first-order chi connectivity index (χ1) is 7.35. The molecule has 2 aliphatic carbocycles. The lowest BCUT2D eigenvalue weighted by atomic mass is 9.80. The number of allylic oxidation sites excluding steroid dienone is 4. The minimum absolute atomic E-state index is 0.370. The molecule has 0 amide bonds. The SMILES string of the molecule is CC/C=C1\CCC[C@H](CO)[C@@H]2C=C[C@H]1C2. The standard InChI is InChI=1S/C14H22O/c1-2-4-11-5-3-6-14(10-15)13-8-7-12(11)9-13/h4,7-8,12-15H,2-3,5-6,9-10H2,1H3/b11-4+/t12-,13+,14+/m0/s1. The quantitative estimate of drug-likeness (QED) is 0.687. The van der Waals surface area contributed by atoms with Crippen molar-refractivity contribution in [2.24, 2.45) is 17.8 Å². The van der Waals surface area contributed by atoms with Gasteiger partial charge >= 0.3 is 0 Å². The molecule has 0 aromatic rings. The van der Waals surface area contributed by atoms with Crippen molar-refractivity contribution in [3.63, 3.8) is 0 Å². The molecule has 0 saturated heterocycles. The molecule has 84 valence electrons. The Labute approximate surface area is 92.9 Å². The molecule has 3 atom stereocenters. The van der Waals surface area contributed by atoms with Crippen molar-refractivity contribution < 1.29 is 5.11 Å². The van der Waals surface area contributed by atoms with Crippen LogP contribution in [0, 0.1) is 17.8 Å². The van der Waals surface area contributed by atoms with Crippen molar-refractivity contribution in [2.45, 2.75) is 39.0 Å². The first-order valence-electron chi connectivity index (χ1n) is 6.33. The molecule has 1 saturated carbocycles. The van der Waals surface area contributed by atoms with E-state index in [9.17, 15) is 5.11 Å². The number of hydrogen-bond donors (Lipinski definition) is 1. The van der Waals surface area contributed by atoms with Gasteiger partial charge in [0.05, 0.1) is 0 Å². The molecule has 0 heterocycles. The van der Waals surface area contributed by atoms with Crippen molar-refractivity contribution in [2.75, 3.05) is 6.61 Å². The van der Waals surface area contributed by atoms with E-state index in [-0.39, 0.29) is 0 Å². The summed E-state index contributed by atoms with van der Waals surface area (Å²) < 4.78 is 0. The summed E-state index contributed by atoms with van der Waals surface area (Å²) in [5.74, 6) is 1.85. The first-order valence-corrected chi connectivity index (χ1v) is 6.33. The number of rotatable bonds is 2. The summed E-state index contributed by atoms with van der Waals surface area (Å²) in [5, 5.41) is 9.35. The zero-order valence-electron chi connectivity index (χ0n) is 9.65. The highest BCUT2D eigenvalue weighted by molar-refractivity contribution is 5.20. The van der Waals surface area contributed by atoms with Crippen LogP contribution >= 0.6 is 0 Å². The second kappa shape index (κ2) is 4.98. The molecule has 0 aromatic carbocycles. The number of hydrogen-bond acceptors (Lipinski definition) is 1. The van der Waals surface area contributed by atoms with Crippen molar-refractivity contribution >= 4 is 0 Å². The minimum Gasteiger partial charge on any atom is -0.396 e. The van der Waals surface area contributed by atoms with Crippen molar-refractivity contribution in [1.82, 2.24) is 0 Å². The van der Waals surface area contributed by atoms with Crippen LogP contribution in [0.15, 0.2) is 23.8 Å². The van der Waals surface area contributed by atoms with E-state index in [1.165, 1.54) is 25.7 Å². The molecular formula is C14H22O. The maximum absolute atomic E-state index is 9.35. The fourth-order valence-corrected chi connectivity index (χ4v) is 3.06. The summed E-state index contributed by atoms with van der Waals surface area (Å²) in [5.41, 5.74) is 1.65. The van der Waals surface area contributed by atoms with Gasteiger partial charge in [-0.2, -0.15) is 0 Å². The van der Waals surface area contributed by atoms with Crippen molar-refractivity contribution in [3.05, 3.63) is 23.8 Å². The molecule has 0 aromatic heterocycles. The number of aliphatic hydroxyl groups is 1. The fourth-order valence-electron chi connectivity index (χ4n) is 3.06. The normalized spacial score (nSPS) is 38.0. The van der Waals surface area contributed by atoms with Crippen molar-refractivity contribution in [3.8, 4) is 0 Å². The zero-order chi connectivity index (χ0) is 10.7. The van der Waals surface area contributed by atoms with E-state index in [4.69, 9.17) is 0 Å². The van der Waals surface area contributed by atoms with Gasteiger partial charge in [0.15, 0.2) is 0 Å². The number of aliphatic hydroxyl groups excluding tert-OH is 1. The van der Waals surface area contributed by atoms with Crippen LogP contribution in [0.2, 0.25) is 0 Å². The molecule has 0 aliphatic heterocycles. The van der Waals surface area contributed by atoms with Crippen LogP contribution in [0.5, 0.6) is 0 Å². The largest absolute Gasteiger partial charge is 0.396 e. The van der Waals surface area contributed by atoms with Gasteiger partial charge in [0.1, 0.15) is 0 Å². The Hall–Kier alpha value is -0.560. The van der Waals surface area contributed by atoms with Gasteiger partial charge in [-0.15, -0.1) is 0 Å². The monoisotopic (exact) mass is 206 g/mol. The van der Waals surface area contributed by atoms with Crippen LogP contribution in [0.4, 0.5) is 0 Å². The summed E-state index contributed by atoms with van der Waals surface area (Å²) in [4.78, 5) is 0. The van der Waals surface area contributed by atoms with Gasteiger partial charge in [0.25, 0.3) is 0 Å². The van der Waals surface area contributed by atoms with Crippen LogP contribution in [0.3, 0.4) is 0 Å². The topological polar surface area (TPSA) is 20.2 Å². The van der Waals surface area contributed by atoms with Crippen LogP contribution < -0.4 is 0 Å². The van der Waals surface area contributed by atoms with Gasteiger partial charge in [-0.3, -0.25) is 0 Å². The highest BCUT2D eigenvalue weighted by atomic mass is 16.3. The molecule has 0 spiro atoms. The van der Waals surface area contributed by atoms with Gasteiger partial charge < -0.3 is 5.11 Å². The predicted octanol–water partition coefficient (Wildman–Crippen LogP) is 3.31. The average Bonchev–Trinajstić information content (AvgIpc) is 2.71. The Morgan fingerprint density at radius 2 is 2.33 bits per heavy atom. The molecule has 2 rings (SSSR count). The molecule has 0 radical (unpaired) electrons. The van der Waals surface area contributed by atoms with E-state index in [2.05, 4.69) is 25.2 Å². The Morgan fingerprint density at radius 1 is 1.47 bits per heavy atom. The lowest BCUT2D eigenvalue weighted by Gasteiger charge is -2.26. The fraction of sp³-hybridized carbons (Fsp3) is 0.714. The van der Waals surface area contributed by atoms with E-state index in [1.807, 2.05) is 0 Å². The van der Waals surface area contributed by atoms with E-state index in [1.54, 1.807) is 5.57 Å². The van der Waals surface area contributed by atoms with Crippen LogP contribution in [-0.2, 0) is 0 Å². The van der Waals surface area contributed by atoms with Gasteiger partial charge in [-0.25, -0.2) is 0 Å². The molecule has 2 bridgehead atoms. The third-order valence-corrected chi connectivity index (χ3v) is 3.94. The van der Waals surface area contributed by atoms with E-state index in [0.717, 1.165) is 6.42 Å². The Morgan fingerprint density at radius 3 is 3.07 bits per heavy atom. The highest BCUT2D eigenvalue weighted by Gasteiger charge is 2.29. The second-order valence-electron chi connectivity index (χ2n) is 4.91. The summed E-state index contributed by atoms with van der Waals surface area (Å²) in [6, 6.07) is 0. The van der Waals surface area contributed by atoms with Crippen LogP contribution in [0.25, 0.3) is 0 Å². The maximum atomic E-state index is 9.35. The molecule has 1 nitrogen and oxygen atoms in total. The minimum atomic E-state index is 0.370. The molecule has 0 unspecified atom stereocenters. The smallest absolute Gasteiger partial charge is 0.0464 e. The second-order valence-corrected chi connectivity index (χ2v) is 4.91. The summed E-state index contributed by atoms with van der Waals surface area (Å²) in [6.45, 7) is 2.59. The van der Waals surface area contributed by atoms with Gasteiger partial charge in [-0.05, 0) is 49.9 Å². The summed E-state index contributed by atoms with van der Waals surface area (Å²) in [6.07, 6.45) is 13.2. The predicted molar refractivity (Wildman–Crippen MR) is 63.5 cm³/mol. The average molecular weight is 206 g/mol. The Balaban J connectivity index is 2.10. The lowest BCUT2D eigenvalue weighted by Crippen LogP contribution is -2.19. The van der Waals surface area contributed by atoms with Gasteiger partial charge in [0.2, 0.25) is 0 Å². The highest BCUT2D eigenvalue weighted by Crippen LogP contribution is 2.39. The molecule has 1 fully saturated rings. The Bertz CT molecular complexity index is 265. The van der Waals surface area contributed by atoms with Crippen molar-refractivity contribution in [1.29, 1.82) is 0 Å². The van der Waals surface area contributed by atoms with Gasteiger partial charge in [-0.1, -0.05) is 30.7 Å². The van der Waals surface area contributed by atoms with Gasteiger partial charge in [0, 0.05) is 6.61 Å². The molecule has 1 N–H and O–H groups in total. The first kappa shape index (κ1) is 10.9.